The van der Waals surface area contributed by atoms with E-state index in [4.69, 9.17) is 5.26 Å². The maximum Gasteiger partial charge on any atom is 0.264 e. The molecule has 0 aromatic heterocycles. The fraction of sp³-hybridized carbons (Fsp3) is 0.263. The van der Waals surface area contributed by atoms with Crippen LogP contribution in [0.1, 0.15) is 24.0 Å². The quantitative estimate of drug-likeness (QED) is 0.760. The molecule has 1 heterocycles. The molecule has 1 N–H and O–H groups in total. The number of nitriles is 1. The number of nitrogens with zero attached hydrogens (tertiary/aromatic N) is 2. The van der Waals surface area contributed by atoms with E-state index in [1.165, 1.54) is 18.2 Å². The Hall–Kier alpha value is -2.21. The molecule has 1 fully saturated rings. The van der Waals surface area contributed by atoms with Gasteiger partial charge in [-0.15, -0.1) is 0 Å². The largest absolute Gasteiger partial charge is 0.288 e. The molecule has 1 amide bonds. The van der Waals surface area contributed by atoms with Crippen LogP contribution in [0.3, 0.4) is 0 Å². The number of carbonyl (C=O) groups excluding carboxylic acids is 1. The molecule has 6 nitrogen and oxygen atoms in total. The number of halogens is 1. The van der Waals surface area contributed by atoms with Crippen molar-refractivity contribution in [1.29, 1.82) is 5.26 Å². The Morgan fingerprint density at radius 2 is 2.00 bits per heavy atom. The van der Waals surface area contributed by atoms with Crippen molar-refractivity contribution in [1.82, 2.24) is 9.62 Å². The summed E-state index contributed by atoms with van der Waals surface area (Å²) in [6, 6.07) is 15.3. The van der Waals surface area contributed by atoms with Crippen LogP contribution in [0.2, 0.25) is 0 Å². The molecular formula is C19H18BrN3O3S. The van der Waals surface area contributed by atoms with E-state index >= 15 is 0 Å². The van der Waals surface area contributed by atoms with Gasteiger partial charge in [0.05, 0.1) is 16.5 Å². The topological polar surface area (TPSA) is 90.3 Å². The second-order valence-corrected chi connectivity index (χ2v) is 8.87. The lowest BCUT2D eigenvalue weighted by Gasteiger charge is -2.23. The van der Waals surface area contributed by atoms with E-state index in [9.17, 15) is 13.2 Å². The maximum atomic E-state index is 12.7. The average Bonchev–Trinajstić information content (AvgIpc) is 3.10. The Balaban J connectivity index is 1.74. The first-order valence-electron chi connectivity index (χ1n) is 8.45. The average molecular weight is 448 g/mol. The molecule has 2 aromatic carbocycles. The molecule has 0 radical (unpaired) electrons. The number of hydrogen-bond donors (Lipinski definition) is 1. The summed E-state index contributed by atoms with van der Waals surface area (Å²) < 4.78 is 27.8. The van der Waals surface area contributed by atoms with Crippen LogP contribution < -0.4 is 4.72 Å². The highest BCUT2D eigenvalue weighted by Gasteiger charge is 2.33. The molecule has 0 aliphatic carbocycles. The summed E-state index contributed by atoms with van der Waals surface area (Å²) >= 11 is 3.19. The predicted molar refractivity (Wildman–Crippen MR) is 104 cm³/mol. The first-order valence-corrected chi connectivity index (χ1v) is 10.7. The standard InChI is InChI=1S/C19H18BrN3O3S/c20-17-9-8-16(11-15(17)12-21)27(25,26)22-19(24)18-7-4-10-23(18)13-14-5-2-1-3-6-14/h1-3,5-6,8-9,11,18H,4,7,10,13H2,(H,22,24)/t18-/m0/s1. The zero-order chi connectivity index (χ0) is 19.4. The van der Waals surface area contributed by atoms with Crippen LogP contribution in [0.25, 0.3) is 0 Å². The summed E-state index contributed by atoms with van der Waals surface area (Å²) in [5, 5.41) is 9.07. The fourth-order valence-electron chi connectivity index (χ4n) is 3.15. The lowest BCUT2D eigenvalue weighted by atomic mass is 10.2. The summed E-state index contributed by atoms with van der Waals surface area (Å²) in [5.41, 5.74) is 1.27. The first kappa shape index (κ1) is 19.5. The number of carbonyl (C=O) groups is 1. The van der Waals surface area contributed by atoms with Gasteiger partial charge in [0.1, 0.15) is 6.07 Å². The molecule has 1 saturated heterocycles. The Labute approximate surface area is 167 Å². The van der Waals surface area contributed by atoms with Gasteiger partial charge in [0.2, 0.25) is 0 Å². The van der Waals surface area contributed by atoms with E-state index in [2.05, 4.69) is 20.7 Å². The van der Waals surface area contributed by atoms with Gasteiger partial charge in [0.15, 0.2) is 0 Å². The smallest absolute Gasteiger partial charge is 0.264 e. The van der Waals surface area contributed by atoms with Crippen LogP contribution in [0.5, 0.6) is 0 Å². The Bertz CT molecular complexity index is 987. The van der Waals surface area contributed by atoms with Crippen LogP contribution in [0.15, 0.2) is 57.9 Å². The summed E-state index contributed by atoms with van der Waals surface area (Å²) in [6.07, 6.45) is 1.44. The zero-order valence-corrected chi connectivity index (χ0v) is 16.8. The summed E-state index contributed by atoms with van der Waals surface area (Å²) in [7, 11) is -4.04. The third-order valence-electron chi connectivity index (χ3n) is 4.50. The molecule has 1 atom stereocenters. The SMILES string of the molecule is N#Cc1cc(S(=O)(=O)NC(=O)[C@@H]2CCCN2Cc2ccccc2)ccc1Br. The van der Waals surface area contributed by atoms with Gasteiger partial charge < -0.3 is 0 Å². The van der Waals surface area contributed by atoms with Gasteiger partial charge in [-0.2, -0.15) is 5.26 Å². The third kappa shape index (κ3) is 4.56. The highest BCUT2D eigenvalue weighted by atomic mass is 79.9. The van der Waals surface area contributed by atoms with Crippen molar-refractivity contribution in [2.75, 3.05) is 6.54 Å². The lowest BCUT2D eigenvalue weighted by Crippen LogP contribution is -2.45. The van der Waals surface area contributed by atoms with Gasteiger partial charge in [0.25, 0.3) is 15.9 Å². The lowest BCUT2D eigenvalue weighted by molar-refractivity contribution is -0.123. The second kappa shape index (κ2) is 8.21. The molecule has 1 aliphatic rings. The molecule has 0 spiro atoms. The normalized spacial score (nSPS) is 17.4. The number of likely N-dealkylation sites (tertiary alicyclic amines) is 1. The molecule has 8 heteroatoms. The van der Waals surface area contributed by atoms with Crippen LogP contribution in [0, 0.1) is 11.3 Å². The Morgan fingerprint density at radius 1 is 1.26 bits per heavy atom. The van der Waals surface area contributed by atoms with Gasteiger partial charge >= 0.3 is 0 Å². The van der Waals surface area contributed by atoms with E-state index < -0.39 is 22.0 Å². The van der Waals surface area contributed by atoms with E-state index in [0.29, 0.717) is 17.4 Å². The van der Waals surface area contributed by atoms with Gasteiger partial charge in [-0.05, 0) is 59.1 Å². The maximum absolute atomic E-state index is 12.7. The Morgan fingerprint density at radius 3 is 2.70 bits per heavy atom. The van der Waals surface area contributed by atoms with Crippen LogP contribution >= 0.6 is 15.9 Å². The van der Waals surface area contributed by atoms with Crippen molar-refractivity contribution in [2.24, 2.45) is 0 Å². The molecule has 0 unspecified atom stereocenters. The van der Waals surface area contributed by atoms with Crippen molar-refractivity contribution in [2.45, 2.75) is 30.3 Å². The summed E-state index contributed by atoms with van der Waals surface area (Å²) in [4.78, 5) is 14.5. The first-order chi connectivity index (χ1) is 12.9. The number of nitrogens with one attached hydrogen (secondary N) is 1. The zero-order valence-electron chi connectivity index (χ0n) is 14.4. The number of hydrogen-bond acceptors (Lipinski definition) is 5. The fourth-order valence-corrected chi connectivity index (χ4v) is 4.52. The monoisotopic (exact) mass is 447 g/mol. The van der Waals surface area contributed by atoms with Crippen molar-refractivity contribution in [3.05, 3.63) is 64.1 Å². The van der Waals surface area contributed by atoms with E-state index in [1.807, 2.05) is 41.3 Å². The second-order valence-electron chi connectivity index (χ2n) is 6.34. The van der Waals surface area contributed by atoms with Gasteiger partial charge in [0, 0.05) is 11.0 Å². The van der Waals surface area contributed by atoms with Crippen molar-refractivity contribution < 1.29 is 13.2 Å². The molecule has 0 saturated carbocycles. The van der Waals surface area contributed by atoms with Crippen LogP contribution in [0.4, 0.5) is 0 Å². The van der Waals surface area contributed by atoms with E-state index in [0.717, 1.165) is 18.5 Å². The molecule has 2 aromatic rings. The minimum Gasteiger partial charge on any atom is -0.288 e. The molecule has 0 bridgehead atoms. The third-order valence-corrected chi connectivity index (χ3v) is 6.53. The predicted octanol–water partition coefficient (Wildman–Crippen LogP) is 2.79. The highest BCUT2D eigenvalue weighted by Crippen LogP contribution is 2.23. The van der Waals surface area contributed by atoms with Crippen molar-refractivity contribution in [3.8, 4) is 6.07 Å². The van der Waals surface area contributed by atoms with Crippen molar-refractivity contribution >= 4 is 31.9 Å². The van der Waals surface area contributed by atoms with Gasteiger partial charge in [-0.25, -0.2) is 13.1 Å². The highest BCUT2D eigenvalue weighted by molar-refractivity contribution is 9.10. The Kier molecular flexibility index (Phi) is 5.95. The van der Waals surface area contributed by atoms with Crippen LogP contribution in [-0.4, -0.2) is 31.8 Å². The van der Waals surface area contributed by atoms with Crippen molar-refractivity contribution in [3.63, 3.8) is 0 Å². The minimum absolute atomic E-state index is 0.108. The van der Waals surface area contributed by atoms with E-state index in [-0.39, 0.29) is 10.5 Å². The molecular weight excluding hydrogens is 430 g/mol. The molecule has 140 valence electrons. The number of benzene rings is 2. The number of sulfonamides is 1. The minimum atomic E-state index is -4.04. The number of rotatable bonds is 5. The number of amides is 1. The van der Waals surface area contributed by atoms with Gasteiger partial charge in [-0.3, -0.25) is 9.69 Å². The molecule has 27 heavy (non-hydrogen) atoms. The summed E-state index contributed by atoms with van der Waals surface area (Å²) in [5.74, 6) is -0.537. The van der Waals surface area contributed by atoms with Gasteiger partial charge in [-0.1, -0.05) is 30.3 Å². The van der Waals surface area contributed by atoms with Crippen LogP contribution in [-0.2, 0) is 21.4 Å². The molecule has 1 aliphatic heterocycles. The summed E-state index contributed by atoms with van der Waals surface area (Å²) in [6.45, 7) is 1.33. The molecule has 3 rings (SSSR count). The van der Waals surface area contributed by atoms with E-state index in [1.54, 1.807) is 0 Å².